The Morgan fingerprint density at radius 2 is 1.88 bits per heavy atom. The number of ether oxygens (including phenoxy) is 2. The molecule has 1 fully saturated rings. The second-order valence-corrected chi connectivity index (χ2v) is 8.13. The molecule has 0 N–H and O–H groups in total. The summed E-state index contributed by atoms with van der Waals surface area (Å²) in [5.74, 6) is -0.0917. The Kier molecular flexibility index (Phi) is 8.05. The second-order valence-electron chi connectivity index (χ2n) is 7.21. The molecule has 1 aliphatic heterocycles. The van der Waals surface area contributed by atoms with Crippen LogP contribution in [0.2, 0.25) is 0 Å². The lowest BCUT2D eigenvalue weighted by Crippen LogP contribution is -2.48. The molecule has 2 aromatic carbocycles. The van der Waals surface area contributed by atoms with Gasteiger partial charge in [-0.15, -0.1) is 0 Å². The zero-order valence-electron chi connectivity index (χ0n) is 18.3. The van der Waals surface area contributed by atoms with Gasteiger partial charge in [-0.1, -0.05) is 15.9 Å². The molecule has 2 aromatic rings. The summed E-state index contributed by atoms with van der Waals surface area (Å²) in [6.45, 7) is 3.54. The number of nitro benzene ring substituents is 1. The summed E-state index contributed by atoms with van der Waals surface area (Å²) < 4.78 is 11.1. The van der Waals surface area contributed by atoms with Gasteiger partial charge in [-0.2, -0.15) is 0 Å². The zero-order valence-corrected chi connectivity index (χ0v) is 19.9. The Morgan fingerprint density at radius 3 is 2.52 bits per heavy atom. The van der Waals surface area contributed by atoms with Gasteiger partial charge in [0.2, 0.25) is 5.91 Å². The Morgan fingerprint density at radius 1 is 1.15 bits per heavy atom. The van der Waals surface area contributed by atoms with Gasteiger partial charge in [0, 0.05) is 48.4 Å². The van der Waals surface area contributed by atoms with E-state index in [2.05, 4.69) is 15.9 Å². The Labute approximate surface area is 199 Å². The molecule has 0 aliphatic carbocycles. The van der Waals surface area contributed by atoms with E-state index in [9.17, 15) is 19.7 Å². The van der Waals surface area contributed by atoms with Gasteiger partial charge < -0.3 is 19.3 Å². The van der Waals surface area contributed by atoms with Crippen molar-refractivity contribution in [2.45, 2.75) is 6.92 Å². The van der Waals surface area contributed by atoms with E-state index < -0.39 is 10.9 Å². The van der Waals surface area contributed by atoms with Crippen LogP contribution >= 0.6 is 15.9 Å². The molecule has 0 aromatic heterocycles. The van der Waals surface area contributed by atoms with Crippen molar-refractivity contribution >= 4 is 45.3 Å². The van der Waals surface area contributed by atoms with Crippen molar-refractivity contribution in [1.82, 2.24) is 4.90 Å². The quantitative estimate of drug-likeness (QED) is 0.237. The number of carbonyl (C=O) groups is 2. The van der Waals surface area contributed by atoms with E-state index in [-0.39, 0.29) is 23.8 Å². The fourth-order valence-corrected chi connectivity index (χ4v) is 3.93. The van der Waals surface area contributed by atoms with Crippen LogP contribution in [0.5, 0.6) is 5.75 Å². The second kappa shape index (κ2) is 11.0. The van der Waals surface area contributed by atoms with Gasteiger partial charge in [-0.05, 0) is 43.3 Å². The third kappa shape index (κ3) is 5.89. The number of amides is 1. The molecule has 0 saturated carbocycles. The van der Waals surface area contributed by atoms with Gasteiger partial charge in [-0.25, -0.2) is 4.79 Å². The molecular formula is C23H24BrN3O6. The average Bonchev–Trinajstić information content (AvgIpc) is 2.82. The maximum atomic E-state index is 12.7. The maximum Gasteiger partial charge on any atom is 0.338 e. The van der Waals surface area contributed by atoms with E-state index in [1.54, 1.807) is 31.1 Å². The molecule has 1 amide bonds. The first-order valence-corrected chi connectivity index (χ1v) is 11.1. The van der Waals surface area contributed by atoms with Crippen LogP contribution in [-0.2, 0) is 9.53 Å². The van der Waals surface area contributed by atoms with Crippen LogP contribution in [0.4, 0.5) is 11.4 Å². The lowest BCUT2D eigenvalue weighted by molar-refractivity contribution is -0.384. The summed E-state index contributed by atoms with van der Waals surface area (Å²) in [7, 11) is 1.57. The highest BCUT2D eigenvalue weighted by atomic mass is 79.9. The Balaban J connectivity index is 1.68. The smallest absolute Gasteiger partial charge is 0.338 e. The third-order valence-corrected chi connectivity index (χ3v) is 5.71. The molecule has 3 rings (SSSR count). The predicted molar refractivity (Wildman–Crippen MR) is 128 cm³/mol. The molecular weight excluding hydrogens is 494 g/mol. The summed E-state index contributed by atoms with van der Waals surface area (Å²) in [5.41, 5.74) is 1.15. The minimum Gasteiger partial charge on any atom is -0.496 e. The minimum atomic E-state index is -0.601. The molecule has 1 aliphatic rings. The highest BCUT2D eigenvalue weighted by Gasteiger charge is 2.26. The van der Waals surface area contributed by atoms with Crippen molar-refractivity contribution in [1.29, 1.82) is 0 Å². The van der Waals surface area contributed by atoms with E-state index in [0.29, 0.717) is 37.6 Å². The molecule has 0 unspecified atom stereocenters. The SMILES string of the molecule is CCOC(=O)c1ccc(N2CCN(C(=O)/C=C/c3cc(Br)ccc3OC)CC2)c([N+](=O)[O-])c1. The molecule has 10 heteroatoms. The van der Waals surface area contributed by atoms with Crippen molar-refractivity contribution in [2.24, 2.45) is 0 Å². The molecule has 0 bridgehead atoms. The van der Waals surface area contributed by atoms with Gasteiger partial charge in [-0.3, -0.25) is 14.9 Å². The van der Waals surface area contributed by atoms with E-state index in [0.717, 1.165) is 10.0 Å². The van der Waals surface area contributed by atoms with Crippen LogP contribution in [0.15, 0.2) is 46.9 Å². The standard InChI is InChI=1S/C23H24BrN3O6/c1-3-33-23(29)17-4-7-19(20(15-17)27(30)31)25-10-12-26(13-11-25)22(28)9-5-16-14-18(24)6-8-21(16)32-2/h4-9,14-15H,3,10-13H2,1-2H3/b9-5+. The highest BCUT2D eigenvalue weighted by Crippen LogP contribution is 2.30. The van der Waals surface area contributed by atoms with Crippen LogP contribution in [0, 0.1) is 10.1 Å². The number of hydrogen-bond acceptors (Lipinski definition) is 7. The van der Waals surface area contributed by atoms with Crippen LogP contribution < -0.4 is 9.64 Å². The number of esters is 1. The molecule has 0 radical (unpaired) electrons. The zero-order chi connectivity index (χ0) is 24.0. The average molecular weight is 518 g/mol. The summed E-state index contributed by atoms with van der Waals surface area (Å²) in [6, 6.07) is 9.84. The van der Waals surface area contributed by atoms with E-state index >= 15 is 0 Å². The number of benzene rings is 2. The number of nitrogens with zero attached hydrogens (tertiary/aromatic N) is 3. The molecule has 174 valence electrons. The first kappa shape index (κ1) is 24.2. The lowest BCUT2D eigenvalue weighted by Gasteiger charge is -2.35. The van der Waals surface area contributed by atoms with Crippen LogP contribution in [-0.4, -0.2) is 61.6 Å². The number of rotatable bonds is 7. The predicted octanol–water partition coefficient (Wildman–Crippen LogP) is 3.90. The summed E-state index contributed by atoms with van der Waals surface area (Å²) >= 11 is 3.41. The van der Waals surface area contributed by atoms with Crippen LogP contribution in [0.25, 0.3) is 6.08 Å². The first-order valence-electron chi connectivity index (χ1n) is 10.3. The number of hydrogen-bond donors (Lipinski definition) is 0. The molecule has 9 nitrogen and oxygen atoms in total. The largest absolute Gasteiger partial charge is 0.496 e. The molecule has 0 spiro atoms. The Hall–Kier alpha value is -3.40. The summed E-state index contributed by atoms with van der Waals surface area (Å²) in [4.78, 5) is 39.2. The van der Waals surface area contributed by atoms with Gasteiger partial charge in [0.25, 0.3) is 5.69 Å². The Bertz CT molecular complexity index is 1080. The highest BCUT2D eigenvalue weighted by molar-refractivity contribution is 9.10. The third-order valence-electron chi connectivity index (χ3n) is 5.21. The van der Waals surface area contributed by atoms with Crippen LogP contribution in [0.3, 0.4) is 0 Å². The lowest BCUT2D eigenvalue weighted by atomic mass is 10.1. The van der Waals surface area contributed by atoms with Crippen molar-refractivity contribution in [3.8, 4) is 5.75 Å². The summed E-state index contributed by atoms with van der Waals surface area (Å²) in [6.07, 6.45) is 3.20. The molecule has 1 heterocycles. The van der Waals surface area contributed by atoms with Gasteiger partial charge in [0.1, 0.15) is 11.4 Å². The summed E-state index contributed by atoms with van der Waals surface area (Å²) in [5, 5.41) is 11.6. The first-order chi connectivity index (χ1) is 15.8. The number of nitro groups is 1. The van der Waals surface area contributed by atoms with Gasteiger partial charge in [0.05, 0.1) is 24.2 Å². The van der Waals surface area contributed by atoms with Gasteiger partial charge >= 0.3 is 5.97 Å². The van der Waals surface area contributed by atoms with Crippen LogP contribution in [0.1, 0.15) is 22.8 Å². The van der Waals surface area contributed by atoms with Gasteiger partial charge in [0.15, 0.2) is 0 Å². The van der Waals surface area contributed by atoms with E-state index in [1.165, 1.54) is 18.2 Å². The number of methoxy groups -OCH3 is 1. The minimum absolute atomic E-state index is 0.134. The molecule has 33 heavy (non-hydrogen) atoms. The number of anilines is 1. The molecule has 0 atom stereocenters. The van der Waals surface area contributed by atoms with E-state index in [4.69, 9.17) is 9.47 Å². The number of piperazine rings is 1. The normalized spacial score (nSPS) is 13.8. The van der Waals surface area contributed by atoms with Crippen molar-refractivity contribution < 1.29 is 24.0 Å². The topological polar surface area (TPSA) is 102 Å². The fourth-order valence-electron chi connectivity index (χ4n) is 3.55. The maximum absolute atomic E-state index is 12.7. The number of carbonyl (C=O) groups excluding carboxylic acids is 2. The number of halogens is 1. The van der Waals surface area contributed by atoms with Crippen molar-refractivity contribution in [2.75, 3.05) is 44.8 Å². The fraction of sp³-hybridized carbons (Fsp3) is 0.304. The monoisotopic (exact) mass is 517 g/mol. The van der Waals surface area contributed by atoms with E-state index in [1.807, 2.05) is 23.1 Å². The molecule has 1 saturated heterocycles. The van der Waals surface area contributed by atoms with Crippen molar-refractivity contribution in [3.63, 3.8) is 0 Å². The van der Waals surface area contributed by atoms with Crippen molar-refractivity contribution in [3.05, 3.63) is 68.2 Å².